The van der Waals surface area contributed by atoms with Crippen molar-refractivity contribution in [2.45, 2.75) is 12.5 Å². The van der Waals surface area contributed by atoms with Crippen molar-refractivity contribution in [3.63, 3.8) is 0 Å². The van der Waals surface area contributed by atoms with Gasteiger partial charge in [0.1, 0.15) is 5.82 Å². The van der Waals surface area contributed by atoms with Gasteiger partial charge in [-0.3, -0.25) is 0 Å². The molecule has 2 heterocycles. The normalized spacial score (nSPS) is 22.4. The van der Waals surface area contributed by atoms with E-state index in [1.165, 1.54) is 5.69 Å². The summed E-state index contributed by atoms with van der Waals surface area (Å²) in [6.45, 7) is 3.05. The van der Waals surface area contributed by atoms with Gasteiger partial charge in [-0.05, 0) is 40.0 Å². The summed E-state index contributed by atoms with van der Waals surface area (Å²) in [6.07, 6.45) is 0.965. The molecule has 1 saturated heterocycles. The van der Waals surface area contributed by atoms with E-state index in [4.69, 9.17) is 0 Å². The Morgan fingerprint density at radius 3 is 3.06 bits per heavy atom. The lowest BCUT2D eigenvalue weighted by Crippen LogP contribution is -2.49. The summed E-state index contributed by atoms with van der Waals surface area (Å²) < 4.78 is 13.9. The monoisotopic (exact) mass is 306 g/mol. The molecule has 1 aromatic carbocycles. The first-order valence-corrected chi connectivity index (χ1v) is 6.00. The molecule has 3 rings (SSSR count). The fourth-order valence-corrected chi connectivity index (χ4v) is 2.85. The van der Waals surface area contributed by atoms with E-state index in [1.54, 1.807) is 6.07 Å². The highest BCUT2D eigenvalue weighted by molar-refractivity contribution is 9.10. The molecule has 1 unspecified atom stereocenters. The van der Waals surface area contributed by atoms with Crippen molar-refractivity contribution in [3.05, 3.63) is 28.0 Å². The third-order valence-electron chi connectivity index (χ3n) is 3.24. The van der Waals surface area contributed by atoms with Crippen LogP contribution in [0.1, 0.15) is 5.56 Å². The number of hydrogen-bond acceptors (Lipinski definition) is 2. The molecule has 2 aliphatic heterocycles. The van der Waals surface area contributed by atoms with Crippen molar-refractivity contribution >= 4 is 34.0 Å². The Labute approximate surface area is 109 Å². The number of nitrogens with one attached hydrogen (secondary N) is 1. The van der Waals surface area contributed by atoms with Crippen molar-refractivity contribution in [2.24, 2.45) is 0 Å². The summed E-state index contributed by atoms with van der Waals surface area (Å²) >= 11 is 3.25. The van der Waals surface area contributed by atoms with Crippen LogP contribution >= 0.6 is 28.3 Å². The van der Waals surface area contributed by atoms with Crippen LogP contribution in [0.25, 0.3) is 0 Å². The van der Waals surface area contributed by atoms with Crippen LogP contribution in [0.15, 0.2) is 16.6 Å². The fourth-order valence-electron chi connectivity index (χ4n) is 2.52. The minimum Gasteiger partial charge on any atom is -0.365 e. The van der Waals surface area contributed by atoms with E-state index in [-0.39, 0.29) is 18.2 Å². The van der Waals surface area contributed by atoms with Crippen LogP contribution in [-0.4, -0.2) is 25.7 Å². The quantitative estimate of drug-likeness (QED) is 0.791. The van der Waals surface area contributed by atoms with Crippen LogP contribution in [0.5, 0.6) is 0 Å². The Bertz CT molecular complexity index is 413. The molecule has 0 aromatic heterocycles. The van der Waals surface area contributed by atoms with Gasteiger partial charge in [-0.15, -0.1) is 12.4 Å². The third kappa shape index (κ3) is 1.83. The van der Waals surface area contributed by atoms with Crippen molar-refractivity contribution in [2.75, 3.05) is 24.5 Å². The van der Waals surface area contributed by atoms with Crippen molar-refractivity contribution < 1.29 is 4.39 Å². The molecule has 1 fully saturated rings. The zero-order chi connectivity index (χ0) is 10.4. The molecular formula is C11H13BrClFN2. The maximum Gasteiger partial charge on any atom is 0.137 e. The summed E-state index contributed by atoms with van der Waals surface area (Å²) in [5.41, 5.74) is 2.35. The van der Waals surface area contributed by atoms with Gasteiger partial charge in [0.2, 0.25) is 0 Å². The molecule has 1 aromatic rings. The second-order valence-electron chi connectivity index (χ2n) is 4.15. The molecule has 2 aliphatic rings. The van der Waals surface area contributed by atoms with Gasteiger partial charge in [0, 0.05) is 31.4 Å². The number of halogens is 3. The minimum atomic E-state index is -0.151. The summed E-state index contributed by atoms with van der Waals surface area (Å²) in [5, 5.41) is 3.37. The predicted molar refractivity (Wildman–Crippen MR) is 69.1 cm³/mol. The highest BCUT2D eigenvalue weighted by Gasteiger charge is 2.31. The number of hydrogen-bond donors (Lipinski definition) is 1. The summed E-state index contributed by atoms with van der Waals surface area (Å²) in [7, 11) is 0. The first kappa shape index (κ1) is 12.1. The second-order valence-corrected chi connectivity index (χ2v) is 5.00. The average Bonchev–Trinajstić information content (AvgIpc) is 2.57. The minimum absolute atomic E-state index is 0. The topological polar surface area (TPSA) is 15.3 Å². The number of benzene rings is 1. The standard InChI is InChI=1S/C11H12BrFN2.ClH/c12-9-5-11-7(4-10(9)13)3-8-6-14-1-2-15(8)11;/h4-5,8,14H,1-3,6H2;1H. The summed E-state index contributed by atoms with van der Waals surface area (Å²) in [5.74, 6) is -0.151. The van der Waals surface area contributed by atoms with E-state index in [2.05, 4.69) is 26.1 Å². The fraction of sp³-hybridized carbons (Fsp3) is 0.455. The Morgan fingerprint density at radius 1 is 1.44 bits per heavy atom. The first-order chi connectivity index (χ1) is 7.25. The molecule has 0 amide bonds. The molecule has 1 atom stereocenters. The van der Waals surface area contributed by atoms with Gasteiger partial charge in [0.15, 0.2) is 0 Å². The van der Waals surface area contributed by atoms with E-state index in [9.17, 15) is 4.39 Å². The molecule has 0 aliphatic carbocycles. The highest BCUT2D eigenvalue weighted by atomic mass is 79.9. The van der Waals surface area contributed by atoms with E-state index in [1.807, 2.05) is 6.07 Å². The zero-order valence-corrected chi connectivity index (χ0v) is 11.1. The molecule has 0 saturated carbocycles. The molecule has 88 valence electrons. The van der Waals surface area contributed by atoms with Crippen LogP contribution in [-0.2, 0) is 6.42 Å². The number of nitrogens with zero attached hydrogens (tertiary/aromatic N) is 1. The Balaban J connectivity index is 0.000000963. The van der Waals surface area contributed by atoms with Gasteiger partial charge in [-0.25, -0.2) is 4.39 Å². The summed E-state index contributed by atoms with van der Waals surface area (Å²) in [6, 6.07) is 4.09. The smallest absolute Gasteiger partial charge is 0.137 e. The molecule has 1 N–H and O–H groups in total. The SMILES string of the molecule is Cl.Fc1cc2c(cc1Br)N1CCNCC1C2. The predicted octanol–water partition coefficient (Wildman–Crippen LogP) is 2.34. The van der Waals surface area contributed by atoms with Crippen molar-refractivity contribution in [3.8, 4) is 0 Å². The Kier molecular flexibility index (Phi) is 3.42. The van der Waals surface area contributed by atoms with Crippen LogP contribution in [0.3, 0.4) is 0 Å². The van der Waals surface area contributed by atoms with Gasteiger partial charge in [0.25, 0.3) is 0 Å². The van der Waals surface area contributed by atoms with Crippen LogP contribution < -0.4 is 10.2 Å². The Morgan fingerprint density at radius 2 is 2.25 bits per heavy atom. The highest BCUT2D eigenvalue weighted by Crippen LogP contribution is 2.36. The molecule has 0 spiro atoms. The lowest BCUT2D eigenvalue weighted by molar-refractivity contribution is 0.495. The molecule has 5 heteroatoms. The largest absolute Gasteiger partial charge is 0.365 e. The average molecular weight is 308 g/mol. The third-order valence-corrected chi connectivity index (χ3v) is 3.84. The number of rotatable bonds is 0. The number of anilines is 1. The lowest BCUT2D eigenvalue weighted by Gasteiger charge is -2.32. The molecule has 2 nitrogen and oxygen atoms in total. The maximum absolute atomic E-state index is 13.4. The van der Waals surface area contributed by atoms with Gasteiger partial charge < -0.3 is 10.2 Å². The van der Waals surface area contributed by atoms with Gasteiger partial charge in [-0.2, -0.15) is 0 Å². The van der Waals surface area contributed by atoms with Crippen LogP contribution in [0.2, 0.25) is 0 Å². The molecule has 0 radical (unpaired) electrons. The van der Waals surface area contributed by atoms with E-state index in [0.29, 0.717) is 10.5 Å². The van der Waals surface area contributed by atoms with Crippen molar-refractivity contribution in [1.29, 1.82) is 0 Å². The van der Waals surface area contributed by atoms with E-state index < -0.39 is 0 Å². The number of piperazine rings is 1. The Hall–Kier alpha value is -0.320. The first-order valence-electron chi connectivity index (χ1n) is 5.21. The molecular weight excluding hydrogens is 294 g/mol. The van der Waals surface area contributed by atoms with Crippen molar-refractivity contribution in [1.82, 2.24) is 5.32 Å². The zero-order valence-electron chi connectivity index (χ0n) is 8.67. The van der Waals surface area contributed by atoms with Crippen LogP contribution in [0.4, 0.5) is 10.1 Å². The maximum atomic E-state index is 13.4. The van der Waals surface area contributed by atoms with E-state index >= 15 is 0 Å². The second kappa shape index (κ2) is 4.51. The molecule has 16 heavy (non-hydrogen) atoms. The summed E-state index contributed by atoms with van der Waals surface area (Å²) in [4.78, 5) is 2.38. The lowest BCUT2D eigenvalue weighted by atomic mass is 10.1. The van der Waals surface area contributed by atoms with Gasteiger partial charge in [-0.1, -0.05) is 0 Å². The van der Waals surface area contributed by atoms with Crippen LogP contribution in [0, 0.1) is 5.82 Å². The number of fused-ring (bicyclic) bond motifs is 3. The van der Waals surface area contributed by atoms with Gasteiger partial charge in [0.05, 0.1) is 4.47 Å². The van der Waals surface area contributed by atoms with E-state index in [0.717, 1.165) is 31.6 Å². The molecule has 0 bridgehead atoms. The van der Waals surface area contributed by atoms with Gasteiger partial charge >= 0.3 is 0 Å².